The van der Waals surface area contributed by atoms with Crippen LogP contribution in [-0.2, 0) is 4.79 Å². The van der Waals surface area contributed by atoms with E-state index in [4.69, 9.17) is 27.9 Å². The van der Waals surface area contributed by atoms with Gasteiger partial charge in [-0.3, -0.25) is 4.79 Å². The molecule has 22 heavy (non-hydrogen) atoms. The minimum atomic E-state index is -1.04. The van der Waals surface area contributed by atoms with Gasteiger partial charge in [0.25, 0.3) is 6.23 Å². The number of carbonyl (C=O) groups is 1. The van der Waals surface area contributed by atoms with Crippen LogP contribution in [0.2, 0.25) is 10.0 Å². The highest BCUT2D eigenvalue weighted by molar-refractivity contribution is 6.37. The van der Waals surface area contributed by atoms with Gasteiger partial charge in [-0.05, 0) is 37.8 Å². The van der Waals surface area contributed by atoms with Gasteiger partial charge in [-0.15, -0.1) is 0 Å². The Bertz CT molecular complexity index is 635. The number of nitrogens with zero attached hydrogens (tertiary/aromatic N) is 3. The molecular weight excluding hydrogens is 325 g/mol. The topological polar surface area (TPSA) is 57.0 Å². The number of rotatable bonds is 5. The Morgan fingerprint density at radius 2 is 1.86 bits per heavy atom. The van der Waals surface area contributed by atoms with Gasteiger partial charge < -0.3 is 4.74 Å². The van der Waals surface area contributed by atoms with Crippen LogP contribution < -0.4 is 4.74 Å². The maximum Gasteiger partial charge on any atom is 0.252 e. The van der Waals surface area contributed by atoms with Crippen molar-refractivity contribution in [3.8, 4) is 5.75 Å². The second-order valence-electron chi connectivity index (χ2n) is 4.43. The summed E-state index contributed by atoms with van der Waals surface area (Å²) in [7, 11) is 0. The maximum atomic E-state index is 12.6. The first-order valence-electron chi connectivity index (χ1n) is 6.37. The number of hydrogen-bond acceptors (Lipinski definition) is 4. The van der Waals surface area contributed by atoms with E-state index in [-0.39, 0.29) is 11.5 Å². The summed E-state index contributed by atoms with van der Waals surface area (Å²) in [5.74, 6) is 0.460. The molecule has 1 saturated carbocycles. The van der Waals surface area contributed by atoms with Gasteiger partial charge in [0, 0.05) is 0 Å². The van der Waals surface area contributed by atoms with Crippen LogP contribution in [0.1, 0.15) is 6.23 Å². The standard InChI is InChI=1S/C15H10Cl2N3O2/c16-11-6-3-7-12(17)14(11)22-15(20-9-18-8-19-20)13(21)10-4-1-2-5-10/h1-9,15H. The van der Waals surface area contributed by atoms with Crippen molar-refractivity contribution < 1.29 is 9.53 Å². The molecule has 5 nitrogen and oxygen atoms in total. The Morgan fingerprint density at radius 3 is 2.45 bits per heavy atom. The van der Waals surface area contributed by atoms with Crippen molar-refractivity contribution in [3.05, 3.63) is 72.5 Å². The minimum absolute atomic E-state index is 0.228. The lowest BCUT2D eigenvalue weighted by atomic mass is 10.0. The van der Waals surface area contributed by atoms with Gasteiger partial charge in [-0.2, -0.15) is 5.10 Å². The summed E-state index contributed by atoms with van der Waals surface area (Å²) in [6.45, 7) is 0. The fraction of sp³-hybridized carbons (Fsp3) is 0.0667. The van der Waals surface area contributed by atoms with Gasteiger partial charge in [-0.25, -0.2) is 9.67 Å². The van der Waals surface area contributed by atoms with Crippen molar-refractivity contribution in [2.45, 2.75) is 6.23 Å². The summed E-state index contributed by atoms with van der Waals surface area (Å²) in [5, 5.41) is 4.60. The van der Waals surface area contributed by atoms with E-state index in [0.29, 0.717) is 16.0 Å². The summed E-state index contributed by atoms with van der Waals surface area (Å²) in [4.78, 5) is 16.5. The molecule has 2 aromatic rings. The average Bonchev–Trinajstić information content (AvgIpc) is 3.20. The molecule has 0 spiro atoms. The summed E-state index contributed by atoms with van der Waals surface area (Å²) in [6.07, 6.45) is 8.62. The Labute approximate surface area is 138 Å². The molecule has 0 aliphatic heterocycles. The maximum absolute atomic E-state index is 12.6. The van der Waals surface area contributed by atoms with Crippen LogP contribution in [0.4, 0.5) is 0 Å². The zero-order valence-electron chi connectivity index (χ0n) is 11.2. The van der Waals surface area contributed by atoms with Crippen LogP contribution in [0.3, 0.4) is 0 Å². The zero-order valence-corrected chi connectivity index (χ0v) is 12.7. The number of Topliss-reactive ketones (excluding diaryl/α,β-unsaturated/α-hetero) is 1. The molecule has 1 heterocycles. The number of ether oxygens (including phenoxy) is 1. The number of para-hydroxylation sites is 1. The van der Waals surface area contributed by atoms with E-state index in [9.17, 15) is 4.79 Å². The molecule has 0 N–H and O–H groups in total. The molecule has 0 amide bonds. The molecule has 111 valence electrons. The summed E-state index contributed by atoms with van der Waals surface area (Å²) >= 11 is 12.2. The number of carbonyl (C=O) groups excluding carboxylic acids is 1. The predicted octanol–water partition coefficient (Wildman–Crippen LogP) is 3.14. The van der Waals surface area contributed by atoms with Gasteiger partial charge in [-0.1, -0.05) is 29.3 Å². The highest BCUT2D eigenvalue weighted by Crippen LogP contribution is 2.36. The molecule has 7 heteroatoms. The molecular formula is C15H10Cl2N3O2. The normalized spacial score (nSPS) is 16.6. The average molecular weight is 335 g/mol. The van der Waals surface area contributed by atoms with Gasteiger partial charge in [0.1, 0.15) is 12.7 Å². The number of aromatic nitrogens is 3. The van der Waals surface area contributed by atoms with Crippen LogP contribution in [0.25, 0.3) is 0 Å². The Hall–Kier alpha value is -1.59. The van der Waals surface area contributed by atoms with Gasteiger partial charge >= 0.3 is 0 Å². The smallest absolute Gasteiger partial charge is 0.252 e. The first-order valence-corrected chi connectivity index (χ1v) is 7.13. The molecule has 3 rings (SSSR count). The molecule has 0 bridgehead atoms. The monoisotopic (exact) mass is 334 g/mol. The quantitative estimate of drug-likeness (QED) is 0.842. The lowest BCUT2D eigenvalue weighted by Crippen LogP contribution is -2.29. The Balaban J connectivity index is 1.90. The van der Waals surface area contributed by atoms with Crippen molar-refractivity contribution in [1.29, 1.82) is 0 Å². The highest BCUT2D eigenvalue weighted by atomic mass is 35.5. The molecule has 1 aromatic carbocycles. The lowest BCUT2D eigenvalue weighted by Gasteiger charge is -2.21. The molecule has 1 atom stereocenters. The van der Waals surface area contributed by atoms with Crippen LogP contribution in [0.15, 0.2) is 30.9 Å². The van der Waals surface area contributed by atoms with Crippen LogP contribution in [-0.4, -0.2) is 20.5 Å². The molecule has 1 unspecified atom stereocenters. The number of hydrogen-bond donors (Lipinski definition) is 0. The van der Waals surface area contributed by atoms with Gasteiger partial charge in [0.2, 0.25) is 5.78 Å². The number of halogens is 2. The third-order valence-corrected chi connectivity index (χ3v) is 3.59. The largest absolute Gasteiger partial charge is 0.458 e. The Kier molecular flexibility index (Phi) is 4.64. The highest BCUT2D eigenvalue weighted by Gasteiger charge is 2.34. The van der Waals surface area contributed by atoms with Crippen molar-refractivity contribution in [2.24, 2.45) is 0 Å². The van der Waals surface area contributed by atoms with Crippen molar-refractivity contribution >= 4 is 29.0 Å². The van der Waals surface area contributed by atoms with E-state index in [0.717, 1.165) is 0 Å². The predicted molar refractivity (Wildman–Crippen MR) is 81.6 cm³/mol. The number of ketones is 1. The molecule has 1 fully saturated rings. The van der Waals surface area contributed by atoms with E-state index in [2.05, 4.69) is 10.1 Å². The van der Waals surface area contributed by atoms with E-state index in [1.807, 2.05) is 0 Å². The summed E-state index contributed by atoms with van der Waals surface area (Å²) < 4.78 is 7.07. The third-order valence-electron chi connectivity index (χ3n) is 3.00. The van der Waals surface area contributed by atoms with Crippen molar-refractivity contribution in [3.63, 3.8) is 0 Å². The Morgan fingerprint density at radius 1 is 1.18 bits per heavy atom. The molecule has 1 aliphatic rings. The second-order valence-corrected chi connectivity index (χ2v) is 5.25. The zero-order chi connectivity index (χ0) is 15.5. The fourth-order valence-electron chi connectivity index (χ4n) is 1.95. The summed E-state index contributed by atoms with van der Waals surface area (Å²) in [5.41, 5.74) is 0. The number of benzene rings is 1. The summed E-state index contributed by atoms with van der Waals surface area (Å²) in [6, 6.07) is 4.96. The second kappa shape index (κ2) is 6.67. The van der Waals surface area contributed by atoms with Crippen LogP contribution in [0.5, 0.6) is 5.75 Å². The van der Waals surface area contributed by atoms with Crippen molar-refractivity contribution in [1.82, 2.24) is 14.8 Å². The SMILES string of the molecule is O=C([C]1[CH][CH][CH][CH]1)C(Oc1c(Cl)cccc1Cl)n1cncn1. The molecule has 1 aromatic heterocycles. The van der Waals surface area contributed by atoms with E-state index in [1.54, 1.807) is 43.9 Å². The van der Waals surface area contributed by atoms with Crippen LogP contribution >= 0.6 is 23.2 Å². The first kappa shape index (κ1) is 15.3. The van der Waals surface area contributed by atoms with Gasteiger partial charge in [0.15, 0.2) is 5.75 Å². The van der Waals surface area contributed by atoms with Gasteiger partial charge in [0.05, 0.1) is 16.0 Å². The van der Waals surface area contributed by atoms with Crippen LogP contribution in [0, 0.1) is 31.6 Å². The van der Waals surface area contributed by atoms with Crippen molar-refractivity contribution in [2.75, 3.05) is 0 Å². The molecule has 0 saturated heterocycles. The minimum Gasteiger partial charge on any atom is -0.458 e. The van der Waals surface area contributed by atoms with E-state index >= 15 is 0 Å². The first-order chi connectivity index (χ1) is 10.7. The lowest BCUT2D eigenvalue weighted by molar-refractivity contribution is -0.127. The molecule has 1 aliphatic carbocycles. The van der Waals surface area contributed by atoms with E-state index < -0.39 is 6.23 Å². The third kappa shape index (κ3) is 3.10. The van der Waals surface area contributed by atoms with E-state index in [1.165, 1.54) is 17.3 Å². The molecule has 5 radical (unpaired) electrons. The fourth-order valence-corrected chi connectivity index (χ4v) is 2.44.